The highest BCUT2D eigenvalue weighted by Crippen LogP contribution is 2.36. The van der Waals surface area contributed by atoms with Crippen molar-refractivity contribution >= 4 is 11.9 Å². The number of aromatic hydroxyl groups is 1. The lowest BCUT2D eigenvalue weighted by Crippen LogP contribution is -1.94. The summed E-state index contributed by atoms with van der Waals surface area (Å²) in [6, 6.07) is 9.06. The smallest absolute Gasteiger partial charge is 0.200 e. The summed E-state index contributed by atoms with van der Waals surface area (Å²) >= 11 is 0. The fourth-order valence-corrected chi connectivity index (χ4v) is 1.69. The fourth-order valence-electron chi connectivity index (χ4n) is 1.69. The Hall–Kier alpha value is -2.76. The van der Waals surface area contributed by atoms with E-state index in [9.17, 15) is 9.50 Å². The highest BCUT2D eigenvalue weighted by molar-refractivity contribution is 5.82. The molecule has 2 aromatic carbocycles. The normalized spacial score (nSPS) is 10.6. The second-order valence-electron chi connectivity index (χ2n) is 4.15. The number of hydrazone groups is 1. The van der Waals surface area contributed by atoms with Gasteiger partial charge < -0.3 is 14.6 Å². The molecule has 0 atom stereocenters. The van der Waals surface area contributed by atoms with Gasteiger partial charge in [-0.05, 0) is 36.4 Å². The van der Waals surface area contributed by atoms with Gasteiger partial charge in [-0.2, -0.15) is 5.10 Å². The van der Waals surface area contributed by atoms with Crippen LogP contribution < -0.4 is 14.9 Å². The van der Waals surface area contributed by atoms with E-state index in [0.717, 1.165) is 0 Å². The number of anilines is 1. The molecule has 0 amide bonds. The van der Waals surface area contributed by atoms with Gasteiger partial charge in [0.1, 0.15) is 5.82 Å². The van der Waals surface area contributed by atoms with Crippen molar-refractivity contribution in [3.63, 3.8) is 0 Å². The zero-order valence-electron chi connectivity index (χ0n) is 11.6. The van der Waals surface area contributed by atoms with Crippen LogP contribution in [0.5, 0.6) is 17.2 Å². The third-order valence-electron chi connectivity index (χ3n) is 2.75. The molecule has 2 rings (SSSR count). The van der Waals surface area contributed by atoms with Crippen molar-refractivity contribution in [3.05, 3.63) is 47.8 Å². The Balaban J connectivity index is 2.15. The average Bonchev–Trinajstić information content (AvgIpc) is 2.50. The highest BCUT2D eigenvalue weighted by atomic mass is 19.1. The van der Waals surface area contributed by atoms with Crippen LogP contribution in [0.3, 0.4) is 0 Å². The van der Waals surface area contributed by atoms with Gasteiger partial charge in [-0.1, -0.05) is 0 Å². The van der Waals surface area contributed by atoms with Gasteiger partial charge in [0.2, 0.25) is 5.75 Å². The first-order valence-electron chi connectivity index (χ1n) is 6.13. The second-order valence-corrected chi connectivity index (χ2v) is 4.15. The number of hydrogen-bond acceptors (Lipinski definition) is 5. The summed E-state index contributed by atoms with van der Waals surface area (Å²) in [5.41, 5.74) is 4.10. The average molecular weight is 290 g/mol. The van der Waals surface area contributed by atoms with E-state index in [4.69, 9.17) is 9.47 Å². The number of phenols is 1. The lowest BCUT2D eigenvalue weighted by Gasteiger charge is -2.09. The molecule has 0 heterocycles. The van der Waals surface area contributed by atoms with Crippen LogP contribution in [0.15, 0.2) is 41.5 Å². The van der Waals surface area contributed by atoms with Gasteiger partial charge in [0.05, 0.1) is 26.1 Å². The minimum atomic E-state index is -0.308. The molecule has 0 spiro atoms. The zero-order chi connectivity index (χ0) is 15.2. The van der Waals surface area contributed by atoms with Crippen LogP contribution in [0.1, 0.15) is 5.56 Å². The van der Waals surface area contributed by atoms with Crippen molar-refractivity contribution in [1.29, 1.82) is 0 Å². The SMILES string of the molecule is COc1cc(C=NNc2ccc(F)cc2)cc(OC)c1O. The summed E-state index contributed by atoms with van der Waals surface area (Å²) in [5.74, 6) is 0.205. The fraction of sp³-hybridized carbons (Fsp3) is 0.133. The lowest BCUT2D eigenvalue weighted by molar-refractivity contribution is 0.340. The summed E-state index contributed by atoms with van der Waals surface area (Å²) in [6.45, 7) is 0. The van der Waals surface area contributed by atoms with Gasteiger partial charge in [0.25, 0.3) is 0 Å². The zero-order valence-corrected chi connectivity index (χ0v) is 11.6. The molecule has 21 heavy (non-hydrogen) atoms. The molecule has 2 N–H and O–H groups in total. The van der Waals surface area contributed by atoms with Crippen LogP contribution in [-0.2, 0) is 0 Å². The number of rotatable bonds is 5. The van der Waals surface area contributed by atoms with Crippen LogP contribution >= 0.6 is 0 Å². The van der Waals surface area contributed by atoms with E-state index in [1.165, 1.54) is 32.6 Å². The first-order chi connectivity index (χ1) is 10.1. The van der Waals surface area contributed by atoms with Gasteiger partial charge in [0, 0.05) is 5.56 Å². The largest absolute Gasteiger partial charge is 0.502 e. The summed E-state index contributed by atoms with van der Waals surface area (Å²) < 4.78 is 22.9. The number of phenolic OH excluding ortho intramolecular Hbond substituents is 1. The summed E-state index contributed by atoms with van der Waals surface area (Å²) in [4.78, 5) is 0. The van der Waals surface area contributed by atoms with E-state index in [1.54, 1.807) is 24.3 Å². The molecule has 0 unspecified atom stereocenters. The van der Waals surface area contributed by atoms with Gasteiger partial charge >= 0.3 is 0 Å². The predicted molar refractivity (Wildman–Crippen MR) is 78.8 cm³/mol. The number of benzene rings is 2. The molecule has 2 aromatic rings. The monoisotopic (exact) mass is 290 g/mol. The number of nitrogens with zero attached hydrogens (tertiary/aromatic N) is 1. The quantitative estimate of drug-likeness (QED) is 0.656. The number of hydrogen-bond donors (Lipinski definition) is 2. The molecule has 0 bridgehead atoms. The van der Waals surface area contributed by atoms with Gasteiger partial charge in [-0.25, -0.2) is 4.39 Å². The van der Waals surface area contributed by atoms with E-state index in [1.807, 2.05) is 0 Å². The molecule has 0 aliphatic carbocycles. The van der Waals surface area contributed by atoms with Crippen molar-refractivity contribution in [3.8, 4) is 17.2 Å². The van der Waals surface area contributed by atoms with E-state index in [-0.39, 0.29) is 23.1 Å². The third kappa shape index (κ3) is 3.62. The molecule has 0 radical (unpaired) electrons. The van der Waals surface area contributed by atoms with E-state index in [2.05, 4.69) is 10.5 Å². The Morgan fingerprint density at radius 3 is 2.19 bits per heavy atom. The van der Waals surface area contributed by atoms with Crippen molar-refractivity contribution in [2.24, 2.45) is 5.10 Å². The Labute approximate surface area is 121 Å². The van der Waals surface area contributed by atoms with Crippen molar-refractivity contribution in [1.82, 2.24) is 0 Å². The van der Waals surface area contributed by atoms with E-state index >= 15 is 0 Å². The number of ether oxygens (including phenoxy) is 2. The Morgan fingerprint density at radius 1 is 1.10 bits per heavy atom. The van der Waals surface area contributed by atoms with Gasteiger partial charge in [0.15, 0.2) is 11.5 Å². The van der Waals surface area contributed by atoms with Crippen LogP contribution in [-0.4, -0.2) is 25.5 Å². The summed E-state index contributed by atoms with van der Waals surface area (Å²) in [6.07, 6.45) is 1.54. The molecule has 0 aromatic heterocycles. The molecular formula is C15H15FN2O3. The Kier molecular flexibility index (Phi) is 4.61. The van der Waals surface area contributed by atoms with Crippen LogP contribution in [0.4, 0.5) is 10.1 Å². The maximum Gasteiger partial charge on any atom is 0.200 e. The molecule has 0 aliphatic heterocycles. The highest BCUT2D eigenvalue weighted by Gasteiger charge is 2.10. The Morgan fingerprint density at radius 2 is 1.67 bits per heavy atom. The third-order valence-corrected chi connectivity index (χ3v) is 2.75. The lowest BCUT2D eigenvalue weighted by atomic mass is 10.2. The summed E-state index contributed by atoms with van der Waals surface area (Å²) in [5, 5.41) is 13.8. The van der Waals surface area contributed by atoms with Crippen LogP contribution in [0.2, 0.25) is 0 Å². The molecule has 0 saturated heterocycles. The van der Waals surface area contributed by atoms with Gasteiger partial charge in [-0.3, -0.25) is 5.43 Å². The standard InChI is InChI=1S/C15H15FN2O3/c1-20-13-7-10(8-14(21-2)15(13)19)9-17-18-12-5-3-11(16)4-6-12/h3-9,18-19H,1-2H3. The number of nitrogens with one attached hydrogen (secondary N) is 1. The number of halogens is 1. The Bertz CT molecular complexity index is 617. The van der Waals surface area contributed by atoms with E-state index < -0.39 is 0 Å². The first kappa shape index (κ1) is 14.6. The molecular weight excluding hydrogens is 275 g/mol. The van der Waals surface area contributed by atoms with Crippen molar-refractivity contribution in [2.75, 3.05) is 19.6 Å². The maximum atomic E-state index is 12.8. The van der Waals surface area contributed by atoms with Crippen molar-refractivity contribution < 1.29 is 19.0 Å². The molecule has 0 saturated carbocycles. The topological polar surface area (TPSA) is 63.1 Å². The summed E-state index contributed by atoms with van der Waals surface area (Å²) in [7, 11) is 2.90. The molecule has 0 fully saturated rings. The number of methoxy groups -OCH3 is 2. The first-order valence-corrected chi connectivity index (χ1v) is 6.13. The van der Waals surface area contributed by atoms with E-state index in [0.29, 0.717) is 11.3 Å². The maximum absolute atomic E-state index is 12.8. The predicted octanol–water partition coefficient (Wildman–Crippen LogP) is 2.99. The van der Waals surface area contributed by atoms with Gasteiger partial charge in [-0.15, -0.1) is 0 Å². The second kappa shape index (κ2) is 6.60. The molecule has 0 aliphatic rings. The minimum absolute atomic E-state index is 0.0661. The van der Waals surface area contributed by atoms with Crippen LogP contribution in [0.25, 0.3) is 0 Å². The molecule has 5 nitrogen and oxygen atoms in total. The molecule has 6 heteroatoms. The van der Waals surface area contributed by atoms with Crippen LogP contribution in [0, 0.1) is 5.82 Å². The molecule has 110 valence electrons. The van der Waals surface area contributed by atoms with Crippen molar-refractivity contribution in [2.45, 2.75) is 0 Å². The minimum Gasteiger partial charge on any atom is -0.502 e.